The lowest BCUT2D eigenvalue weighted by molar-refractivity contribution is -0.136. The number of amides is 3. The van der Waals surface area contributed by atoms with Crippen molar-refractivity contribution in [2.24, 2.45) is 0 Å². The highest BCUT2D eigenvalue weighted by Gasteiger charge is 2.57. The van der Waals surface area contributed by atoms with E-state index in [1.165, 1.54) is 16.0 Å². The molecule has 1 spiro atoms. The van der Waals surface area contributed by atoms with Crippen LogP contribution in [-0.2, 0) is 28.9 Å². The number of hydrogen-bond acceptors (Lipinski definition) is 6. The number of imide groups is 1. The largest absolute Gasteiger partial charge is 0.493 e. The average Bonchev–Trinajstić information content (AvgIpc) is 3.42. The molecule has 0 unspecified atom stereocenters. The first-order chi connectivity index (χ1) is 17.1. The fraction of sp³-hybridized carbons (Fsp3) is 0.519. The van der Waals surface area contributed by atoms with Crippen LogP contribution in [0.1, 0.15) is 36.0 Å². The molecule has 2 saturated heterocycles. The number of ether oxygens (including phenoxy) is 2. The molecule has 4 heterocycles. The Morgan fingerprint density at radius 3 is 2.74 bits per heavy atom. The molecular formula is C27H34N4O4. The van der Waals surface area contributed by atoms with Crippen molar-refractivity contribution in [3.8, 4) is 5.75 Å². The number of methoxy groups -OCH3 is 1. The molecule has 1 aromatic heterocycles. The summed E-state index contributed by atoms with van der Waals surface area (Å²) in [4.78, 5) is 36.8. The van der Waals surface area contributed by atoms with E-state index < -0.39 is 5.54 Å². The predicted molar refractivity (Wildman–Crippen MR) is 131 cm³/mol. The van der Waals surface area contributed by atoms with Crippen LogP contribution in [0.5, 0.6) is 5.75 Å². The van der Waals surface area contributed by atoms with Gasteiger partial charge in [0.25, 0.3) is 5.91 Å². The summed E-state index contributed by atoms with van der Waals surface area (Å²) in [7, 11) is 1.63. The fourth-order valence-electron chi connectivity index (χ4n) is 5.62. The second kappa shape index (κ2) is 10.3. The van der Waals surface area contributed by atoms with Gasteiger partial charge in [-0.15, -0.1) is 0 Å². The average molecular weight is 479 g/mol. The molecule has 3 amide bonds. The molecule has 0 atom stereocenters. The smallest absolute Gasteiger partial charge is 0.327 e. The number of carbonyl (C=O) groups is 2. The highest BCUT2D eigenvalue weighted by atomic mass is 16.5. The van der Waals surface area contributed by atoms with Crippen LogP contribution in [0.2, 0.25) is 0 Å². The minimum absolute atomic E-state index is 0.0425. The van der Waals surface area contributed by atoms with E-state index in [0.29, 0.717) is 32.5 Å². The van der Waals surface area contributed by atoms with E-state index in [-0.39, 0.29) is 11.9 Å². The SMILES string of the molecule is COCCN1C(=O)N(CCCc2cccnc2)C(=O)C12CCN(Cc1ccc3c(c1)CCO3)CC2. The van der Waals surface area contributed by atoms with Gasteiger partial charge in [-0.25, -0.2) is 4.79 Å². The molecular weight excluding hydrogens is 444 g/mol. The van der Waals surface area contributed by atoms with Crippen molar-refractivity contribution in [2.75, 3.05) is 46.5 Å². The predicted octanol–water partition coefficient (Wildman–Crippen LogP) is 2.89. The first-order valence-corrected chi connectivity index (χ1v) is 12.6. The minimum atomic E-state index is -0.758. The molecule has 2 aromatic rings. The van der Waals surface area contributed by atoms with Gasteiger partial charge in [0.15, 0.2) is 0 Å². The second-order valence-electron chi connectivity index (χ2n) is 9.70. The van der Waals surface area contributed by atoms with Gasteiger partial charge in [0.1, 0.15) is 11.3 Å². The van der Waals surface area contributed by atoms with Crippen molar-refractivity contribution in [3.63, 3.8) is 0 Å². The first kappa shape index (κ1) is 23.8. The van der Waals surface area contributed by atoms with Crippen molar-refractivity contribution in [2.45, 2.75) is 44.2 Å². The highest BCUT2D eigenvalue weighted by Crippen LogP contribution is 2.38. The normalized spacial score (nSPS) is 19.5. The minimum Gasteiger partial charge on any atom is -0.493 e. The van der Waals surface area contributed by atoms with Gasteiger partial charge in [0.05, 0.1) is 13.2 Å². The van der Waals surface area contributed by atoms with Gasteiger partial charge in [-0.3, -0.25) is 19.6 Å². The summed E-state index contributed by atoms with van der Waals surface area (Å²) in [6.07, 6.45) is 7.36. The molecule has 0 radical (unpaired) electrons. The number of piperidine rings is 1. The Bertz CT molecular complexity index is 1050. The maximum atomic E-state index is 13.7. The van der Waals surface area contributed by atoms with Crippen molar-refractivity contribution in [3.05, 3.63) is 59.4 Å². The zero-order valence-electron chi connectivity index (χ0n) is 20.4. The molecule has 186 valence electrons. The van der Waals surface area contributed by atoms with Crippen molar-refractivity contribution < 1.29 is 19.1 Å². The molecule has 0 saturated carbocycles. The molecule has 8 heteroatoms. The molecule has 5 rings (SSSR count). The van der Waals surface area contributed by atoms with Gasteiger partial charge >= 0.3 is 6.03 Å². The molecule has 3 aliphatic rings. The highest BCUT2D eigenvalue weighted by molar-refractivity contribution is 6.07. The number of benzene rings is 1. The van der Waals surface area contributed by atoms with Gasteiger partial charge in [0.2, 0.25) is 0 Å². The maximum absolute atomic E-state index is 13.7. The van der Waals surface area contributed by atoms with E-state index in [1.807, 2.05) is 18.3 Å². The summed E-state index contributed by atoms with van der Waals surface area (Å²) < 4.78 is 10.9. The quantitative estimate of drug-likeness (QED) is 0.516. The third-order valence-electron chi connectivity index (χ3n) is 7.55. The van der Waals surface area contributed by atoms with Crippen LogP contribution < -0.4 is 4.74 Å². The Kier molecular flexibility index (Phi) is 7.02. The van der Waals surface area contributed by atoms with E-state index in [2.05, 4.69) is 28.1 Å². The molecule has 35 heavy (non-hydrogen) atoms. The van der Waals surface area contributed by atoms with Crippen LogP contribution in [0.15, 0.2) is 42.7 Å². The number of carbonyl (C=O) groups excluding carboxylic acids is 2. The van der Waals surface area contributed by atoms with E-state index in [9.17, 15) is 9.59 Å². The van der Waals surface area contributed by atoms with Crippen molar-refractivity contribution >= 4 is 11.9 Å². The third-order valence-corrected chi connectivity index (χ3v) is 7.55. The number of nitrogens with zero attached hydrogens (tertiary/aromatic N) is 4. The number of rotatable bonds is 9. The lowest BCUT2D eigenvalue weighted by atomic mass is 9.85. The molecule has 8 nitrogen and oxygen atoms in total. The first-order valence-electron chi connectivity index (χ1n) is 12.6. The van der Waals surface area contributed by atoms with Gasteiger partial charge in [-0.2, -0.15) is 0 Å². The summed E-state index contributed by atoms with van der Waals surface area (Å²) in [6.45, 7) is 4.45. The Balaban J connectivity index is 1.24. The van der Waals surface area contributed by atoms with Gasteiger partial charge in [-0.1, -0.05) is 18.2 Å². The topological polar surface area (TPSA) is 75.2 Å². The number of likely N-dealkylation sites (tertiary alicyclic amines) is 1. The van der Waals surface area contributed by atoms with Crippen LogP contribution in [0.4, 0.5) is 4.79 Å². The number of hydrogen-bond donors (Lipinski definition) is 0. The standard InChI is InChI=1S/C27H34N4O4/c1-34-17-15-31-26(33)30(12-3-5-21-4-2-11-28-19-21)25(32)27(31)9-13-29(14-10-27)20-22-6-7-24-23(18-22)8-16-35-24/h2,4,6-7,11,18-19H,3,5,8-10,12-17,20H2,1H3. The number of urea groups is 1. The van der Waals surface area contributed by atoms with Gasteiger partial charge in [0, 0.05) is 58.6 Å². The van der Waals surface area contributed by atoms with Crippen molar-refractivity contribution in [1.29, 1.82) is 0 Å². The zero-order chi connectivity index (χ0) is 24.3. The maximum Gasteiger partial charge on any atom is 0.327 e. The second-order valence-corrected chi connectivity index (χ2v) is 9.70. The van der Waals surface area contributed by atoms with Crippen LogP contribution >= 0.6 is 0 Å². The molecule has 1 aromatic carbocycles. The Hall–Kier alpha value is -2.97. The summed E-state index contributed by atoms with van der Waals surface area (Å²) in [5.41, 5.74) is 2.91. The fourth-order valence-corrected chi connectivity index (χ4v) is 5.62. The summed E-state index contributed by atoms with van der Waals surface area (Å²) in [6, 6.07) is 10.2. The Morgan fingerprint density at radius 1 is 1.11 bits per heavy atom. The molecule has 0 bridgehead atoms. The third kappa shape index (κ3) is 4.77. The van der Waals surface area contributed by atoms with E-state index in [4.69, 9.17) is 9.47 Å². The van der Waals surface area contributed by atoms with Crippen LogP contribution in [0.25, 0.3) is 0 Å². The van der Waals surface area contributed by atoms with E-state index in [1.54, 1.807) is 18.2 Å². The Morgan fingerprint density at radius 2 is 1.97 bits per heavy atom. The van der Waals surface area contributed by atoms with Crippen LogP contribution in [0, 0.1) is 0 Å². The lowest BCUT2D eigenvalue weighted by Gasteiger charge is -2.42. The summed E-state index contributed by atoms with van der Waals surface area (Å²) in [5, 5.41) is 0. The van der Waals surface area contributed by atoms with Gasteiger partial charge in [-0.05, 0) is 54.5 Å². The monoisotopic (exact) mass is 478 g/mol. The summed E-state index contributed by atoms with van der Waals surface area (Å²) in [5.74, 6) is 0.956. The number of pyridine rings is 1. The van der Waals surface area contributed by atoms with E-state index in [0.717, 1.165) is 56.8 Å². The van der Waals surface area contributed by atoms with Gasteiger partial charge < -0.3 is 14.4 Å². The zero-order valence-corrected chi connectivity index (χ0v) is 20.4. The lowest BCUT2D eigenvalue weighted by Crippen LogP contribution is -2.57. The van der Waals surface area contributed by atoms with E-state index >= 15 is 0 Å². The Labute approximate surface area is 206 Å². The summed E-state index contributed by atoms with van der Waals surface area (Å²) >= 11 is 0. The molecule has 0 aliphatic carbocycles. The molecule has 0 N–H and O–H groups in total. The number of fused-ring (bicyclic) bond motifs is 1. The number of aryl methyl sites for hydroxylation is 1. The molecule has 3 aliphatic heterocycles. The van der Waals surface area contributed by atoms with Crippen LogP contribution in [0.3, 0.4) is 0 Å². The van der Waals surface area contributed by atoms with Crippen LogP contribution in [-0.4, -0.2) is 83.7 Å². The number of aromatic nitrogens is 1. The van der Waals surface area contributed by atoms with Crippen molar-refractivity contribution in [1.82, 2.24) is 19.7 Å². The molecule has 2 fully saturated rings.